The Hall–Kier alpha value is -1.82. The molecule has 1 aromatic heterocycles. The normalized spacial score (nSPS) is 12.1. The monoisotopic (exact) mass is 297 g/mol. The Balaban J connectivity index is 1.96. The van der Waals surface area contributed by atoms with Gasteiger partial charge in [0.05, 0.1) is 17.6 Å². The summed E-state index contributed by atoms with van der Waals surface area (Å²) in [5.41, 5.74) is 1.01. The molecule has 1 aromatic carbocycles. The number of halogens is 3. The molecule has 6 heteroatoms. The van der Waals surface area contributed by atoms with Gasteiger partial charge in [-0.15, -0.1) is 0 Å². The van der Waals surface area contributed by atoms with Gasteiger partial charge in [-0.3, -0.25) is 0 Å². The maximum atomic E-state index is 12.6. The molecule has 0 aliphatic heterocycles. The summed E-state index contributed by atoms with van der Waals surface area (Å²) in [5, 5.41) is 3.15. The molecule has 0 aliphatic carbocycles. The van der Waals surface area contributed by atoms with Crippen molar-refractivity contribution in [3.8, 4) is 0 Å². The third-order valence-electron chi connectivity index (χ3n) is 3.19. The Labute approximate surface area is 121 Å². The molecule has 2 rings (SSSR count). The minimum atomic E-state index is -4.30. The van der Waals surface area contributed by atoms with Gasteiger partial charge in [0, 0.05) is 25.3 Å². The van der Waals surface area contributed by atoms with Gasteiger partial charge >= 0.3 is 6.18 Å². The van der Waals surface area contributed by atoms with Crippen LogP contribution in [0.2, 0.25) is 0 Å². The van der Waals surface area contributed by atoms with Crippen molar-refractivity contribution in [3.05, 3.63) is 53.6 Å². The highest BCUT2D eigenvalue weighted by Crippen LogP contribution is 2.29. The number of imidazole rings is 1. The minimum Gasteiger partial charge on any atom is -0.331 e. The smallest absolute Gasteiger partial charge is 0.331 e. The Morgan fingerprint density at radius 3 is 2.67 bits per heavy atom. The Bertz CT molecular complexity index is 588. The van der Waals surface area contributed by atoms with Gasteiger partial charge in [0.1, 0.15) is 0 Å². The lowest BCUT2D eigenvalue weighted by atomic mass is 10.1. The molecule has 0 unspecified atom stereocenters. The fourth-order valence-electron chi connectivity index (χ4n) is 2.13. The molecule has 0 atom stereocenters. The maximum absolute atomic E-state index is 12.6. The fourth-order valence-corrected chi connectivity index (χ4v) is 2.13. The molecule has 0 bridgehead atoms. The van der Waals surface area contributed by atoms with E-state index in [0.717, 1.165) is 11.8 Å². The zero-order valence-corrected chi connectivity index (χ0v) is 12.0. The van der Waals surface area contributed by atoms with Gasteiger partial charge in [0.15, 0.2) is 0 Å². The zero-order valence-electron chi connectivity index (χ0n) is 12.0. The van der Waals surface area contributed by atoms with Crippen molar-refractivity contribution < 1.29 is 13.2 Å². The van der Waals surface area contributed by atoms with Gasteiger partial charge in [-0.05, 0) is 25.5 Å². The number of nitrogens with one attached hydrogen (secondary N) is 1. The third-order valence-corrected chi connectivity index (χ3v) is 3.19. The van der Waals surface area contributed by atoms with E-state index in [1.54, 1.807) is 18.6 Å². The van der Waals surface area contributed by atoms with E-state index in [1.807, 2.05) is 4.57 Å². The van der Waals surface area contributed by atoms with Crippen LogP contribution in [0.25, 0.3) is 0 Å². The molecule has 0 saturated carbocycles. The largest absolute Gasteiger partial charge is 0.416 e. The molecule has 114 valence electrons. The summed E-state index contributed by atoms with van der Waals surface area (Å²) in [7, 11) is 0. The van der Waals surface area contributed by atoms with Gasteiger partial charge < -0.3 is 9.88 Å². The summed E-state index contributed by atoms with van der Waals surface area (Å²) in [6.07, 6.45) is -0.780. The first-order valence-corrected chi connectivity index (χ1v) is 6.75. The number of alkyl halides is 3. The van der Waals surface area contributed by atoms with Crippen molar-refractivity contribution >= 4 is 0 Å². The first-order valence-electron chi connectivity index (χ1n) is 6.75. The average Bonchev–Trinajstić information content (AvgIpc) is 2.87. The van der Waals surface area contributed by atoms with Gasteiger partial charge in [-0.2, -0.15) is 13.2 Å². The molecule has 21 heavy (non-hydrogen) atoms. The number of rotatable bonds is 5. The summed E-state index contributed by atoms with van der Waals surface area (Å²) in [6.45, 7) is 5.05. The lowest BCUT2D eigenvalue weighted by Gasteiger charge is -2.13. The number of hydrogen-bond acceptors (Lipinski definition) is 2. The van der Waals surface area contributed by atoms with Gasteiger partial charge in [-0.25, -0.2) is 4.98 Å². The SMILES string of the molecule is CC(C)n1cncc1CNCc1cccc(C(F)(F)F)c1. The number of nitrogens with zero attached hydrogens (tertiary/aromatic N) is 2. The van der Waals surface area contributed by atoms with Gasteiger partial charge in [0.25, 0.3) is 0 Å². The van der Waals surface area contributed by atoms with E-state index >= 15 is 0 Å². The second kappa shape index (κ2) is 6.30. The second-order valence-electron chi connectivity index (χ2n) is 5.19. The number of hydrogen-bond donors (Lipinski definition) is 1. The van der Waals surface area contributed by atoms with Crippen LogP contribution in [-0.2, 0) is 19.3 Å². The summed E-state index contributed by atoms with van der Waals surface area (Å²) in [6, 6.07) is 5.67. The maximum Gasteiger partial charge on any atom is 0.416 e. The highest BCUT2D eigenvalue weighted by Gasteiger charge is 2.30. The van der Waals surface area contributed by atoms with Crippen LogP contribution in [0.15, 0.2) is 36.8 Å². The van der Waals surface area contributed by atoms with Crippen LogP contribution in [0.3, 0.4) is 0 Å². The molecule has 0 amide bonds. The topological polar surface area (TPSA) is 29.9 Å². The van der Waals surface area contributed by atoms with E-state index in [1.165, 1.54) is 12.1 Å². The highest BCUT2D eigenvalue weighted by atomic mass is 19.4. The van der Waals surface area contributed by atoms with E-state index in [4.69, 9.17) is 0 Å². The molecule has 2 aromatic rings. The molecule has 0 aliphatic rings. The molecule has 1 heterocycles. The number of aromatic nitrogens is 2. The molecular formula is C15H18F3N3. The number of benzene rings is 1. The third kappa shape index (κ3) is 4.07. The standard InChI is InChI=1S/C15H18F3N3/c1-11(2)21-10-20-9-14(21)8-19-7-12-4-3-5-13(6-12)15(16,17)18/h3-6,9-11,19H,7-8H2,1-2H3. The van der Waals surface area contributed by atoms with Gasteiger partial charge in [0.2, 0.25) is 0 Å². The summed E-state index contributed by atoms with van der Waals surface area (Å²) in [4.78, 5) is 4.09. The van der Waals surface area contributed by atoms with E-state index in [9.17, 15) is 13.2 Å². The highest BCUT2D eigenvalue weighted by molar-refractivity contribution is 5.25. The molecule has 0 saturated heterocycles. The van der Waals surface area contributed by atoms with Crippen LogP contribution in [0.4, 0.5) is 13.2 Å². The van der Waals surface area contributed by atoms with Crippen LogP contribution < -0.4 is 5.32 Å². The molecule has 0 radical (unpaired) electrons. The molecule has 3 nitrogen and oxygen atoms in total. The fraction of sp³-hybridized carbons (Fsp3) is 0.400. The molecular weight excluding hydrogens is 279 g/mol. The Morgan fingerprint density at radius 1 is 1.24 bits per heavy atom. The van der Waals surface area contributed by atoms with Crippen molar-refractivity contribution in [2.75, 3.05) is 0 Å². The average molecular weight is 297 g/mol. The van der Waals surface area contributed by atoms with E-state index < -0.39 is 11.7 Å². The van der Waals surface area contributed by atoms with Crippen molar-refractivity contribution in [1.82, 2.24) is 14.9 Å². The summed E-state index contributed by atoms with van der Waals surface area (Å²) < 4.78 is 39.9. The predicted octanol–water partition coefficient (Wildman–Crippen LogP) is 3.77. The minimum absolute atomic E-state index is 0.304. The zero-order chi connectivity index (χ0) is 15.5. The second-order valence-corrected chi connectivity index (χ2v) is 5.19. The van der Waals surface area contributed by atoms with Crippen LogP contribution in [0, 0.1) is 0 Å². The first kappa shape index (κ1) is 15.6. The lowest BCUT2D eigenvalue weighted by molar-refractivity contribution is -0.137. The van der Waals surface area contributed by atoms with Crippen LogP contribution in [0.1, 0.15) is 36.7 Å². The van der Waals surface area contributed by atoms with E-state index in [-0.39, 0.29) is 0 Å². The quantitative estimate of drug-likeness (QED) is 0.910. The van der Waals surface area contributed by atoms with Crippen LogP contribution in [0.5, 0.6) is 0 Å². The molecule has 1 N–H and O–H groups in total. The predicted molar refractivity (Wildman–Crippen MR) is 74.6 cm³/mol. The van der Waals surface area contributed by atoms with E-state index in [0.29, 0.717) is 24.7 Å². The van der Waals surface area contributed by atoms with E-state index in [2.05, 4.69) is 24.1 Å². The van der Waals surface area contributed by atoms with Crippen LogP contribution in [-0.4, -0.2) is 9.55 Å². The van der Waals surface area contributed by atoms with Crippen molar-refractivity contribution in [2.45, 2.75) is 39.2 Å². The van der Waals surface area contributed by atoms with Crippen molar-refractivity contribution in [2.24, 2.45) is 0 Å². The molecule has 0 spiro atoms. The summed E-state index contributed by atoms with van der Waals surface area (Å²) in [5.74, 6) is 0. The Morgan fingerprint density at radius 2 is 2.00 bits per heavy atom. The lowest BCUT2D eigenvalue weighted by Crippen LogP contribution is -2.17. The summed E-state index contributed by atoms with van der Waals surface area (Å²) >= 11 is 0. The van der Waals surface area contributed by atoms with Crippen molar-refractivity contribution in [1.29, 1.82) is 0 Å². The van der Waals surface area contributed by atoms with Gasteiger partial charge in [-0.1, -0.05) is 18.2 Å². The van der Waals surface area contributed by atoms with Crippen molar-refractivity contribution in [3.63, 3.8) is 0 Å². The molecule has 0 fully saturated rings. The first-order chi connectivity index (χ1) is 9.88. The Kier molecular flexibility index (Phi) is 4.67. The van der Waals surface area contributed by atoms with Crippen LogP contribution >= 0.6 is 0 Å².